The Morgan fingerprint density at radius 2 is 1.90 bits per heavy atom. The van der Waals surface area contributed by atoms with Crippen LogP contribution < -0.4 is 15.4 Å². The van der Waals surface area contributed by atoms with E-state index in [0.717, 1.165) is 22.6 Å². The summed E-state index contributed by atoms with van der Waals surface area (Å²) in [6.45, 7) is 0.879. The van der Waals surface area contributed by atoms with E-state index in [1.165, 1.54) is 0 Å². The molecular formula is C22H27N5O2. The van der Waals surface area contributed by atoms with Crippen molar-refractivity contribution in [2.75, 3.05) is 27.7 Å². The molecule has 0 fully saturated rings. The summed E-state index contributed by atoms with van der Waals surface area (Å²) < 4.78 is 7.40. The Morgan fingerprint density at radius 3 is 2.62 bits per heavy atom. The summed E-state index contributed by atoms with van der Waals surface area (Å²) in [6, 6.07) is 15.6. The van der Waals surface area contributed by atoms with Crippen molar-refractivity contribution in [3.63, 3.8) is 0 Å². The number of nitrogens with zero attached hydrogens (tertiary/aromatic N) is 3. The zero-order valence-corrected chi connectivity index (χ0v) is 17.0. The van der Waals surface area contributed by atoms with Crippen LogP contribution in [0.15, 0.2) is 67.3 Å². The molecule has 3 aromatic rings. The molecule has 0 aliphatic carbocycles. The molecule has 0 bridgehead atoms. The van der Waals surface area contributed by atoms with Crippen LogP contribution in [-0.4, -0.2) is 48.2 Å². The first-order valence-corrected chi connectivity index (χ1v) is 9.47. The number of imidazole rings is 1. The number of amides is 2. The molecule has 1 aromatic heterocycles. The van der Waals surface area contributed by atoms with Crippen LogP contribution in [0.3, 0.4) is 0 Å². The second-order valence-corrected chi connectivity index (χ2v) is 6.88. The largest absolute Gasteiger partial charge is 0.496 e. The van der Waals surface area contributed by atoms with E-state index in [9.17, 15) is 4.79 Å². The van der Waals surface area contributed by atoms with Gasteiger partial charge in [0.05, 0.1) is 25.2 Å². The van der Waals surface area contributed by atoms with Gasteiger partial charge < -0.3 is 24.8 Å². The van der Waals surface area contributed by atoms with Crippen molar-refractivity contribution in [2.45, 2.75) is 12.6 Å². The number of benzene rings is 2. The van der Waals surface area contributed by atoms with Crippen molar-refractivity contribution in [1.29, 1.82) is 0 Å². The van der Waals surface area contributed by atoms with Gasteiger partial charge in [0, 0.05) is 31.0 Å². The maximum atomic E-state index is 12.4. The van der Waals surface area contributed by atoms with Crippen molar-refractivity contribution >= 4 is 6.03 Å². The fourth-order valence-electron chi connectivity index (χ4n) is 3.25. The Bertz CT molecular complexity index is 924. The predicted octanol–water partition coefficient (Wildman–Crippen LogP) is 2.98. The molecule has 0 saturated carbocycles. The number of hydrogen-bond donors (Lipinski definition) is 2. The molecule has 2 aromatic carbocycles. The molecule has 1 unspecified atom stereocenters. The fraction of sp³-hybridized carbons (Fsp3) is 0.273. The van der Waals surface area contributed by atoms with Gasteiger partial charge in [-0.1, -0.05) is 36.4 Å². The van der Waals surface area contributed by atoms with Crippen molar-refractivity contribution in [2.24, 2.45) is 0 Å². The van der Waals surface area contributed by atoms with Crippen LogP contribution in [0.25, 0.3) is 5.69 Å². The highest BCUT2D eigenvalue weighted by molar-refractivity contribution is 5.74. The van der Waals surface area contributed by atoms with Gasteiger partial charge in [0.25, 0.3) is 0 Å². The van der Waals surface area contributed by atoms with Crippen LogP contribution in [0.5, 0.6) is 5.75 Å². The molecule has 152 valence electrons. The van der Waals surface area contributed by atoms with Gasteiger partial charge in [0.2, 0.25) is 0 Å². The second kappa shape index (κ2) is 9.75. The van der Waals surface area contributed by atoms with E-state index in [-0.39, 0.29) is 12.1 Å². The first-order valence-electron chi connectivity index (χ1n) is 9.47. The predicted molar refractivity (Wildman–Crippen MR) is 113 cm³/mol. The number of para-hydroxylation sites is 2. The fourth-order valence-corrected chi connectivity index (χ4v) is 3.25. The van der Waals surface area contributed by atoms with E-state index in [1.807, 2.05) is 73.4 Å². The maximum Gasteiger partial charge on any atom is 0.315 e. The second-order valence-electron chi connectivity index (χ2n) is 6.88. The normalized spacial score (nSPS) is 11.9. The number of rotatable bonds is 8. The standard InChI is InChI=1S/C22H27N5O2/c1-26(2)20(18-9-5-7-11-21(18)29-3)15-25-22(28)24-14-17-8-4-6-10-19(17)27-13-12-23-16-27/h4-13,16,20H,14-15H2,1-3H3,(H2,24,25,28). The van der Waals surface area contributed by atoms with E-state index < -0.39 is 0 Å². The van der Waals surface area contributed by atoms with Gasteiger partial charge in [-0.15, -0.1) is 0 Å². The molecule has 0 saturated heterocycles. The summed E-state index contributed by atoms with van der Waals surface area (Å²) in [5.41, 5.74) is 3.03. The molecule has 0 aliphatic heterocycles. The number of ether oxygens (including phenoxy) is 1. The summed E-state index contributed by atoms with van der Waals surface area (Å²) in [7, 11) is 5.62. The van der Waals surface area contributed by atoms with Crippen molar-refractivity contribution < 1.29 is 9.53 Å². The highest BCUT2D eigenvalue weighted by Gasteiger charge is 2.19. The minimum atomic E-state index is -0.216. The van der Waals surface area contributed by atoms with Gasteiger partial charge in [-0.05, 0) is 31.8 Å². The number of urea groups is 1. The third-order valence-corrected chi connectivity index (χ3v) is 4.79. The van der Waals surface area contributed by atoms with Crippen molar-refractivity contribution in [3.8, 4) is 11.4 Å². The van der Waals surface area contributed by atoms with E-state index >= 15 is 0 Å². The lowest BCUT2D eigenvalue weighted by atomic mass is 10.0. The van der Waals surface area contributed by atoms with Crippen LogP contribution in [0.4, 0.5) is 4.79 Å². The lowest BCUT2D eigenvalue weighted by Gasteiger charge is -2.26. The third-order valence-electron chi connectivity index (χ3n) is 4.79. The van der Waals surface area contributed by atoms with E-state index in [4.69, 9.17) is 4.74 Å². The average molecular weight is 393 g/mol. The molecule has 0 aliphatic rings. The zero-order valence-electron chi connectivity index (χ0n) is 17.0. The highest BCUT2D eigenvalue weighted by Crippen LogP contribution is 2.27. The zero-order chi connectivity index (χ0) is 20.6. The molecule has 2 amide bonds. The van der Waals surface area contributed by atoms with E-state index in [1.54, 1.807) is 19.6 Å². The van der Waals surface area contributed by atoms with E-state index in [0.29, 0.717) is 13.1 Å². The van der Waals surface area contributed by atoms with Crippen LogP contribution in [0, 0.1) is 0 Å². The van der Waals surface area contributed by atoms with Crippen molar-refractivity contribution in [3.05, 3.63) is 78.4 Å². The molecule has 0 spiro atoms. The smallest absolute Gasteiger partial charge is 0.315 e. The summed E-state index contributed by atoms with van der Waals surface area (Å²) in [5.74, 6) is 0.808. The van der Waals surface area contributed by atoms with Gasteiger partial charge in [-0.3, -0.25) is 0 Å². The quantitative estimate of drug-likeness (QED) is 0.617. The van der Waals surface area contributed by atoms with Gasteiger partial charge in [0.1, 0.15) is 5.75 Å². The Hall–Kier alpha value is -3.32. The molecule has 1 heterocycles. The lowest BCUT2D eigenvalue weighted by molar-refractivity contribution is 0.231. The van der Waals surface area contributed by atoms with Crippen LogP contribution in [0.1, 0.15) is 17.2 Å². The topological polar surface area (TPSA) is 71.4 Å². The molecule has 2 N–H and O–H groups in total. The van der Waals surface area contributed by atoms with Gasteiger partial charge in [0.15, 0.2) is 0 Å². The molecular weight excluding hydrogens is 366 g/mol. The minimum Gasteiger partial charge on any atom is -0.496 e. The van der Waals surface area contributed by atoms with Crippen LogP contribution in [0.2, 0.25) is 0 Å². The van der Waals surface area contributed by atoms with Gasteiger partial charge >= 0.3 is 6.03 Å². The SMILES string of the molecule is COc1ccccc1C(CNC(=O)NCc1ccccc1-n1ccnc1)N(C)C. The first kappa shape index (κ1) is 20.4. The number of carbonyl (C=O) groups excluding carboxylic acids is 1. The minimum absolute atomic E-state index is 0.00450. The highest BCUT2D eigenvalue weighted by atomic mass is 16.5. The van der Waals surface area contributed by atoms with Crippen LogP contribution in [-0.2, 0) is 6.54 Å². The maximum absolute atomic E-state index is 12.4. The Morgan fingerprint density at radius 1 is 1.14 bits per heavy atom. The van der Waals surface area contributed by atoms with E-state index in [2.05, 4.69) is 20.5 Å². The third kappa shape index (κ3) is 5.14. The van der Waals surface area contributed by atoms with Gasteiger partial charge in [-0.2, -0.15) is 0 Å². The summed E-state index contributed by atoms with van der Waals surface area (Å²) >= 11 is 0. The number of likely N-dealkylation sites (N-methyl/N-ethyl adjacent to an activating group) is 1. The first-order chi connectivity index (χ1) is 14.1. The Kier molecular flexibility index (Phi) is 6.86. The summed E-state index contributed by atoms with van der Waals surface area (Å²) in [4.78, 5) is 18.6. The van der Waals surface area contributed by atoms with Gasteiger partial charge in [-0.25, -0.2) is 9.78 Å². The number of carbonyl (C=O) groups is 1. The summed E-state index contributed by atoms with van der Waals surface area (Å²) in [5, 5.41) is 5.91. The molecule has 29 heavy (non-hydrogen) atoms. The lowest BCUT2D eigenvalue weighted by Crippen LogP contribution is -2.40. The number of nitrogens with one attached hydrogen (secondary N) is 2. The van der Waals surface area contributed by atoms with Crippen molar-refractivity contribution in [1.82, 2.24) is 25.1 Å². The molecule has 1 atom stereocenters. The average Bonchev–Trinajstić information content (AvgIpc) is 3.27. The number of hydrogen-bond acceptors (Lipinski definition) is 4. The Balaban J connectivity index is 1.61. The molecule has 3 rings (SSSR count). The summed E-state index contributed by atoms with van der Waals surface area (Å²) in [6.07, 6.45) is 5.36. The van der Waals surface area contributed by atoms with Crippen LogP contribution >= 0.6 is 0 Å². The monoisotopic (exact) mass is 393 g/mol. The molecule has 7 heteroatoms. The number of aromatic nitrogens is 2. The molecule has 0 radical (unpaired) electrons. The number of methoxy groups -OCH3 is 1. The molecule has 7 nitrogen and oxygen atoms in total. The Labute approximate surface area is 171 Å².